The molecule has 0 spiro atoms. The van der Waals surface area contributed by atoms with Gasteiger partial charge in [-0.2, -0.15) is 0 Å². The molecular formula is C12H21N3OS. The van der Waals surface area contributed by atoms with Gasteiger partial charge in [0, 0.05) is 30.2 Å². The lowest BCUT2D eigenvalue weighted by Gasteiger charge is -2.23. The summed E-state index contributed by atoms with van der Waals surface area (Å²) in [6, 6.07) is 0.513. The standard InChI is InChI=1S/C12H21N3OS/c1-2-11-7-15-12(17-11)8-13-4-3-10-9-16-6-5-14-10/h7,10,13-14H,2-6,8-9H2,1H3. The molecule has 0 bridgehead atoms. The summed E-state index contributed by atoms with van der Waals surface area (Å²) in [6.07, 6.45) is 4.19. The average Bonchev–Trinajstić information content (AvgIpc) is 2.84. The fourth-order valence-electron chi connectivity index (χ4n) is 1.87. The molecule has 0 saturated carbocycles. The predicted octanol–water partition coefficient (Wildman–Crippen LogP) is 1.17. The van der Waals surface area contributed by atoms with Crippen LogP contribution in [0.1, 0.15) is 23.2 Å². The largest absolute Gasteiger partial charge is 0.379 e. The summed E-state index contributed by atoms with van der Waals surface area (Å²) < 4.78 is 5.41. The van der Waals surface area contributed by atoms with Crippen LogP contribution in [-0.4, -0.2) is 37.3 Å². The number of ether oxygens (including phenoxy) is 1. The van der Waals surface area contributed by atoms with Crippen molar-refractivity contribution in [2.75, 3.05) is 26.3 Å². The van der Waals surface area contributed by atoms with Crippen LogP contribution in [-0.2, 0) is 17.7 Å². The lowest BCUT2D eigenvalue weighted by atomic mass is 10.2. The predicted molar refractivity (Wildman–Crippen MR) is 70.4 cm³/mol. The van der Waals surface area contributed by atoms with Gasteiger partial charge in [-0.15, -0.1) is 11.3 Å². The molecule has 1 aromatic rings. The monoisotopic (exact) mass is 255 g/mol. The Morgan fingerprint density at radius 1 is 1.65 bits per heavy atom. The average molecular weight is 255 g/mol. The zero-order valence-electron chi connectivity index (χ0n) is 10.4. The fourth-order valence-corrected chi connectivity index (χ4v) is 2.70. The molecule has 4 nitrogen and oxygen atoms in total. The van der Waals surface area contributed by atoms with Crippen molar-refractivity contribution < 1.29 is 4.74 Å². The third-order valence-corrected chi connectivity index (χ3v) is 4.04. The molecular weight excluding hydrogens is 234 g/mol. The Morgan fingerprint density at radius 3 is 3.29 bits per heavy atom. The highest BCUT2D eigenvalue weighted by atomic mass is 32.1. The van der Waals surface area contributed by atoms with E-state index in [1.807, 2.05) is 6.20 Å². The molecule has 1 aliphatic heterocycles. The number of nitrogens with zero attached hydrogens (tertiary/aromatic N) is 1. The van der Waals surface area contributed by atoms with Gasteiger partial charge in [-0.1, -0.05) is 6.92 Å². The maximum atomic E-state index is 5.41. The molecule has 1 aromatic heterocycles. The molecule has 1 fully saturated rings. The lowest BCUT2D eigenvalue weighted by Crippen LogP contribution is -2.42. The van der Waals surface area contributed by atoms with E-state index in [1.165, 1.54) is 9.88 Å². The van der Waals surface area contributed by atoms with E-state index in [-0.39, 0.29) is 0 Å². The van der Waals surface area contributed by atoms with Crippen molar-refractivity contribution in [1.82, 2.24) is 15.6 Å². The number of rotatable bonds is 6. The number of hydrogen-bond donors (Lipinski definition) is 2. The van der Waals surface area contributed by atoms with Crippen molar-refractivity contribution in [1.29, 1.82) is 0 Å². The van der Waals surface area contributed by atoms with Crippen molar-refractivity contribution in [3.05, 3.63) is 16.1 Å². The Hall–Kier alpha value is -0.490. The van der Waals surface area contributed by atoms with Crippen molar-refractivity contribution in [2.45, 2.75) is 32.4 Å². The van der Waals surface area contributed by atoms with Gasteiger partial charge in [-0.3, -0.25) is 0 Å². The number of hydrogen-bond acceptors (Lipinski definition) is 5. The molecule has 96 valence electrons. The second-order valence-electron chi connectivity index (χ2n) is 4.27. The van der Waals surface area contributed by atoms with Gasteiger partial charge in [-0.05, 0) is 19.4 Å². The number of aryl methyl sites for hydroxylation is 1. The second-order valence-corrected chi connectivity index (χ2v) is 5.47. The van der Waals surface area contributed by atoms with E-state index in [9.17, 15) is 0 Å². The fraction of sp³-hybridized carbons (Fsp3) is 0.750. The molecule has 0 aliphatic carbocycles. The van der Waals surface area contributed by atoms with Gasteiger partial charge in [0.25, 0.3) is 0 Å². The Bertz CT molecular complexity index is 323. The third-order valence-electron chi connectivity index (χ3n) is 2.89. The SMILES string of the molecule is CCc1cnc(CNCCC2COCCN2)s1. The molecule has 1 saturated heterocycles. The van der Waals surface area contributed by atoms with Crippen molar-refractivity contribution in [2.24, 2.45) is 0 Å². The van der Waals surface area contributed by atoms with Crippen LogP contribution in [0.25, 0.3) is 0 Å². The van der Waals surface area contributed by atoms with Crippen LogP contribution in [0.3, 0.4) is 0 Å². The van der Waals surface area contributed by atoms with Gasteiger partial charge >= 0.3 is 0 Å². The molecule has 17 heavy (non-hydrogen) atoms. The summed E-state index contributed by atoms with van der Waals surface area (Å²) in [5.41, 5.74) is 0. The zero-order chi connectivity index (χ0) is 11.9. The van der Waals surface area contributed by atoms with Crippen LogP contribution in [0.2, 0.25) is 0 Å². The van der Waals surface area contributed by atoms with Crippen LogP contribution in [0.4, 0.5) is 0 Å². The molecule has 1 atom stereocenters. The van der Waals surface area contributed by atoms with Gasteiger partial charge in [0.15, 0.2) is 0 Å². The topological polar surface area (TPSA) is 46.2 Å². The molecule has 1 unspecified atom stereocenters. The Labute approximate surface area is 107 Å². The highest BCUT2D eigenvalue weighted by Gasteiger charge is 2.11. The maximum Gasteiger partial charge on any atom is 0.107 e. The third kappa shape index (κ3) is 4.35. The van der Waals surface area contributed by atoms with E-state index >= 15 is 0 Å². The number of thiazole rings is 1. The first kappa shape index (κ1) is 13.0. The van der Waals surface area contributed by atoms with E-state index in [2.05, 4.69) is 22.5 Å². The summed E-state index contributed by atoms with van der Waals surface area (Å²) in [5, 5.41) is 8.08. The molecule has 0 amide bonds. The van der Waals surface area contributed by atoms with Crippen LogP contribution in [0.15, 0.2) is 6.20 Å². The first-order chi connectivity index (χ1) is 8.38. The van der Waals surface area contributed by atoms with Crippen LogP contribution >= 0.6 is 11.3 Å². The molecule has 0 radical (unpaired) electrons. The van der Waals surface area contributed by atoms with Gasteiger partial charge in [0.1, 0.15) is 5.01 Å². The highest BCUT2D eigenvalue weighted by molar-refractivity contribution is 7.11. The van der Waals surface area contributed by atoms with Crippen molar-refractivity contribution >= 4 is 11.3 Å². The summed E-state index contributed by atoms with van der Waals surface area (Å²) in [7, 11) is 0. The van der Waals surface area contributed by atoms with Crippen molar-refractivity contribution in [3.63, 3.8) is 0 Å². The van der Waals surface area contributed by atoms with E-state index in [1.54, 1.807) is 11.3 Å². The summed E-state index contributed by atoms with van der Waals surface area (Å²) in [6.45, 7) is 6.75. The number of morpholine rings is 1. The number of aromatic nitrogens is 1. The lowest BCUT2D eigenvalue weighted by molar-refractivity contribution is 0.0742. The zero-order valence-corrected chi connectivity index (χ0v) is 11.2. The van der Waals surface area contributed by atoms with Crippen LogP contribution in [0, 0.1) is 0 Å². The second kappa shape index (κ2) is 7.06. The minimum atomic E-state index is 0.513. The summed E-state index contributed by atoms with van der Waals surface area (Å²) >= 11 is 1.80. The molecule has 0 aromatic carbocycles. The van der Waals surface area contributed by atoms with Crippen molar-refractivity contribution in [3.8, 4) is 0 Å². The minimum Gasteiger partial charge on any atom is -0.379 e. The summed E-state index contributed by atoms with van der Waals surface area (Å²) in [5.74, 6) is 0. The molecule has 2 N–H and O–H groups in total. The van der Waals surface area contributed by atoms with E-state index < -0.39 is 0 Å². The van der Waals surface area contributed by atoms with E-state index in [0.717, 1.165) is 45.7 Å². The summed E-state index contributed by atoms with van der Waals surface area (Å²) in [4.78, 5) is 5.75. The Morgan fingerprint density at radius 2 is 2.59 bits per heavy atom. The van der Waals surface area contributed by atoms with Gasteiger partial charge in [-0.25, -0.2) is 4.98 Å². The smallest absolute Gasteiger partial charge is 0.107 e. The highest BCUT2D eigenvalue weighted by Crippen LogP contribution is 2.12. The number of nitrogens with one attached hydrogen (secondary N) is 2. The minimum absolute atomic E-state index is 0.513. The van der Waals surface area contributed by atoms with Crippen LogP contribution in [0.5, 0.6) is 0 Å². The maximum absolute atomic E-state index is 5.41. The Kier molecular flexibility index (Phi) is 5.38. The van der Waals surface area contributed by atoms with Gasteiger partial charge < -0.3 is 15.4 Å². The van der Waals surface area contributed by atoms with E-state index in [0.29, 0.717) is 6.04 Å². The van der Waals surface area contributed by atoms with Gasteiger partial charge in [0.05, 0.1) is 13.2 Å². The van der Waals surface area contributed by atoms with Crippen LogP contribution < -0.4 is 10.6 Å². The molecule has 5 heteroatoms. The molecule has 2 rings (SSSR count). The van der Waals surface area contributed by atoms with Gasteiger partial charge in [0.2, 0.25) is 0 Å². The first-order valence-corrected chi connectivity index (χ1v) is 7.15. The first-order valence-electron chi connectivity index (χ1n) is 6.34. The Balaban J connectivity index is 1.59. The quantitative estimate of drug-likeness (QED) is 0.749. The normalized spacial score (nSPS) is 20.6. The van der Waals surface area contributed by atoms with E-state index in [4.69, 9.17) is 4.74 Å². The molecule has 1 aliphatic rings. The molecule has 2 heterocycles.